The van der Waals surface area contributed by atoms with Crippen LogP contribution < -0.4 is 4.74 Å². The molecular weight excluding hydrogens is 158 g/mol. The second-order valence-electron chi connectivity index (χ2n) is 2.62. The Balaban J connectivity index is 2.87. The maximum absolute atomic E-state index is 10.7. The van der Waals surface area contributed by atoms with Crippen molar-refractivity contribution >= 4 is 5.78 Å². The normalized spacial score (nSPS) is 9.92. The van der Waals surface area contributed by atoms with Crippen molar-refractivity contribution in [2.75, 3.05) is 7.11 Å². The van der Waals surface area contributed by atoms with Crippen LogP contribution >= 0.6 is 0 Å². The highest BCUT2D eigenvalue weighted by Gasteiger charge is 2.12. The van der Waals surface area contributed by atoms with Crippen LogP contribution in [0.1, 0.15) is 18.2 Å². The zero-order valence-corrected chi connectivity index (χ0v) is 7.38. The van der Waals surface area contributed by atoms with E-state index in [0.29, 0.717) is 11.6 Å². The number of methoxy groups -OCH3 is 1. The minimum absolute atomic E-state index is 0.0527. The fraction of sp³-hybridized carbons (Fsp3) is 0.500. The Bertz CT molecular complexity index is 290. The average Bonchev–Trinajstić information content (AvgIpc) is 2.32. The first kappa shape index (κ1) is 8.77. The van der Waals surface area contributed by atoms with E-state index in [1.54, 1.807) is 0 Å². The smallest absolute Gasteiger partial charge is 0.257 e. The van der Waals surface area contributed by atoms with Crippen LogP contribution in [-0.2, 0) is 11.2 Å². The van der Waals surface area contributed by atoms with E-state index in [4.69, 9.17) is 9.26 Å². The van der Waals surface area contributed by atoms with Crippen molar-refractivity contribution in [2.24, 2.45) is 0 Å². The zero-order chi connectivity index (χ0) is 9.14. The van der Waals surface area contributed by atoms with Crippen LogP contribution in [0.3, 0.4) is 0 Å². The molecule has 0 aromatic carbocycles. The van der Waals surface area contributed by atoms with E-state index in [2.05, 4.69) is 5.16 Å². The number of Topliss-reactive ketones (excluding diaryl/α,β-unsaturated/α-hetero) is 1. The van der Waals surface area contributed by atoms with Crippen LogP contribution in [0, 0.1) is 6.92 Å². The summed E-state index contributed by atoms with van der Waals surface area (Å²) in [5, 5.41) is 3.64. The van der Waals surface area contributed by atoms with Crippen molar-refractivity contribution in [3.63, 3.8) is 0 Å². The maximum atomic E-state index is 10.7. The fourth-order valence-electron chi connectivity index (χ4n) is 0.934. The molecule has 0 aliphatic carbocycles. The molecule has 12 heavy (non-hydrogen) atoms. The molecule has 0 fully saturated rings. The van der Waals surface area contributed by atoms with Gasteiger partial charge < -0.3 is 9.26 Å². The Hall–Kier alpha value is -1.32. The van der Waals surface area contributed by atoms with E-state index in [-0.39, 0.29) is 12.2 Å². The topological polar surface area (TPSA) is 52.3 Å². The molecule has 66 valence electrons. The average molecular weight is 169 g/mol. The third-order valence-electron chi connectivity index (χ3n) is 1.58. The maximum Gasteiger partial charge on any atom is 0.257 e. The molecule has 0 aliphatic heterocycles. The molecule has 4 nitrogen and oxygen atoms in total. The lowest BCUT2D eigenvalue weighted by atomic mass is 10.2. The molecule has 0 saturated heterocycles. The summed E-state index contributed by atoms with van der Waals surface area (Å²) in [4.78, 5) is 10.7. The molecule has 4 heteroatoms. The van der Waals surface area contributed by atoms with Gasteiger partial charge in [0.25, 0.3) is 5.88 Å². The van der Waals surface area contributed by atoms with E-state index in [1.807, 2.05) is 6.92 Å². The number of nitrogens with zero attached hydrogens (tertiary/aromatic N) is 1. The predicted octanol–water partition coefficient (Wildman–Crippen LogP) is 1.12. The Morgan fingerprint density at radius 3 is 2.75 bits per heavy atom. The van der Waals surface area contributed by atoms with Crippen molar-refractivity contribution in [3.8, 4) is 5.88 Å². The van der Waals surface area contributed by atoms with Crippen LogP contribution in [-0.4, -0.2) is 18.0 Å². The second kappa shape index (κ2) is 3.38. The van der Waals surface area contributed by atoms with Crippen LogP contribution in [0.4, 0.5) is 0 Å². The number of ketones is 1. The summed E-state index contributed by atoms with van der Waals surface area (Å²) in [6.07, 6.45) is 0.280. The minimum Gasteiger partial charge on any atom is -0.479 e. The highest BCUT2D eigenvalue weighted by Crippen LogP contribution is 2.19. The molecule has 0 aliphatic rings. The molecule has 0 N–H and O–H groups in total. The molecule has 1 heterocycles. The first-order valence-electron chi connectivity index (χ1n) is 3.63. The van der Waals surface area contributed by atoms with Crippen LogP contribution in [0.2, 0.25) is 0 Å². The van der Waals surface area contributed by atoms with Gasteiger partial charge in [0.15, 0.2) is 5.76 Å². The number of hydrogen-bond acceptors (Lipinski definition) is 4. The third-order valence-corrected chi connectivity index (χ3v) is 1.58. The van der Waals surface area contributed by atoms with E-state index in [0.717, 1.165) is 5.56 Å². The Morgan fingerprint density at radius 2 is 2.33 bits per heavy atom. The summed E-state index contributed by atoms with van der Waals surface area (Å²) in [6, 6.07) is 0. The zero-order valence-electron chi connectivity index (χ0n) is 7.38. The van der Waals surface area contributed by atoms with Crippen LogP contribution in [0.25, 0.3) is 0 Å². The van der Waals surface area contributed by atoms with Gasteiger partial charge in [0, 0.05) is 0 Å². The van der Waals surface area contributed by atoms with E-state index >= 15 is 0 Å². The first-order valence-corrected chi connectivity index (χ1v) is 3.63. The largest absolute Gasteiger partial charge is 0.479 e. The summed E-state index contributed by atoms with van der Waals surface area (Å²) in [5.74, 6) is 1.09. The Morgan fingerprint density at radius 1 is 1.67 bits per heavy atom. The van der Waals surface area contributed by atoms with Gasteiger partial charge in [-0.25, -0.2) is 0 Å². The molecule has 0 unspecified atom stereocenters. The van der Waals surface area contributed by atoms with Gasteiger partial charge >= 0.3 is 0 Å². The van der Waals surface area contributed by atoms with Gasteiger partial charge in [-0.15, -0.1) is 0 Å². The molecule has 1 aromatic rings. The quantitative estimate of drug-likeness (QED) is 0.680. The second-order valence-corrected chi connectivity index (χ2v) is 2.62. The van der Waals surface area contributed by atoms with Crippen molar-refractivity contribution in [2.45, 2.75) is 20.3 Å². The van der Waals surface area contributed by atoms with Gasteiger partial charge in [0.05, 0.1) is 19.1 Å². The SMILES string of the molecule is COc1noc(CC(C)=O)c1C. The predicted molar refractivity (Wildman–Crippen MR) is 42.2 cm³/mol. The van der Waals surface area contributed by atoms with Crippen molar-refractivity contribution in [1.82, 2.24) is 5.16 Å². The van der Waals surface area contributed by atoms with Crippen molar-refractivity contribution in [1.29, 1.82) is 0 Å². The van der Waals surface area contributed by atoms with Gasteiger partial charge in [0.1, 0.15) is 5.78 Å². The van der Waals surface area contributed by atoms with Crippen LogP contribution in [0.5, 0.6) is 5.88 Å². The molecule has 0 radical (unpaired) electrons. The summed E-state index contributed by atoms with van der Waals surface area (Å²) < 4.78 is 9.79. The lowest BCUT2D eigenvalue weighted by Gasteiger charge is -1.93. The van der Waals surface area contributed by atoms with Gasteiger partial charge in [-0.1, -0.05) is 0 Å². The molecule has 0 amide bonds. The number of carbonyl (C=O) groups is 1. The summed E-state index contributed by atoms with van der Waals surface area (Å²) in [6.45, 7) is 3.32. The molecule has 0 saturated carbocycles. The summed E-state index contributed by atoms with van der Waals surface area (Å²) in [7, 11) is 1.52. The van der Waals surface area contributed by atoms with Gasteiger partial charge in [-0.05, 0) is 19.0 Å². The molecule has 0 bridgehead atoms. The van der Waals surface area contributed by atoms with Gasteiger partial charge in [0.2, 0.25) is 0 Å². The highest BCUT2D eigenvalue weighted by molar-refractivity contribution is 5.77. The van der Waals surface area contributed by atoms with Gasteiger partial charge in [-0.2, -0.15) is 0 Å². The Labute approximate surface area is 70.5 Å². The van der Waals surface area contributed by atoms with E-state index < -0.39 is 0 Å². The molecular formula is C8H11NO3. The summed E-state index contributed by atoms with van der Waals surface area (Å²) >= 11 is 0. The lowest BCUT2D eigenvalue weighted by molar-refractivity contribution is -0.116. The molecule has 1 rings (SSSR count). The van der Waals surface area contributed by atoms with Gasteiger partial charge in [-0.3, -0.25) is 4.79 Å². The van der Waals surface area contributed by atoms with Crippen molar-refractivity contribution in [3.05, 3.63) is 11.3 Å². The standard InChI is InChI=1S/C8H11NO3/c1-5(10)4-7-6(2)8(11-3)9-12-7/h4H2,1-3H3. The monoisotopic (exact) mass is 169 g/mol. The number of aromatic nitrogens is 1. The van der Waals surface area contributed by atoms with Crippen molar-refractivity contribution < 1.29 is 14.1 Å². The minimum atomic E-state index is 0.0527. The molecule has 1 aromatic heterocycles. The first-order chi connectivity index (χ1) is 5.65. The number of hydrogen-bond donors (Lipinski definition) is 0. The Kier molecular flexibility index (Phi) is 2.47. The number of ether oxygens (including phenoxy) is 1. The molecule has 0 atom stereocenters. The van der Waals surface area contributed by atoms with Crippen LogP contribution in [0.15, 0.2) is 4.52 Å². The third kappa shape index (κ3) is 1.64. The van der Waals surface area contributed by atoms with E-state index in [9.17, 15) is 4.79 Å². The fourth-order valence-corrected chi connectivity index (χ4v) is 0.934. The summed E-state index contributed by atoms with van der Waals surface area (Å²) in [5.41, 5.74) is 0.799. The molecule has 0 spiro atoms. The van der Waals surface area contributed by atoms with E-state index in [1.165, 1.54) is 14.0 Å². The number of carbonyl (C=O) groups excluding carboxylic acids is 1. The highest BCUT2D eigenvalue weighted by atomic mass is 16.5. The lowest BCUT2D eigenvalue weighted by Crippen LogP contribution is -1.96. The number of rotatable bonds is 3.